The van der Waals surface area contributed by atoms with Crippen LogP contribution < -0.4 is 5.73 Å². The number of nitrogens with two attached hydrogens (primary N) is 1. The van der Waals surface area contributed by atoms with Gasteiger partial charge in [-0.15, -0.1) is 0 Å². The van der Waals surface area contributed by atoms with Gasteiger partial charge >= 0.3 is 0 Å². The third-order valence-corrected chi connectivity index (χ3v) is 5.80. The van der Waals surface area contributed by atoms with E-state index in [9.17, 15) is 8.42 Å². The Bertz CT molecular complexity index is 386. The van der Waals surface area contributed by atoms with Gasteiger partial charge < -0.3 is 5.73 Å². The van der Waals surface area contributed by atoms with Gasteiger partial charge in [-0.1, -0.05) is 18.1 Å². The summed E-state index contributed by atoms with van der Waals surface area (Å²) in [5, 5.41) is 0. The van der Waals surface area contributed by atoms with Crippen LogP contribution in [0.15, 0.2) is 11.6 Å². The van der Waals surface area contributed by atoms with Crippen molar-refractivity contribution in [3.8, 4) is 0 Å². The zero-order valence-corrected chi connectivity index (χ0v) is 11.2. The summed E-state index contributed by atoms with van der Waals surface area (Å²) in [7, 11) is -2.75. The molecule has 0 saturated carbocycles. The number of allylic oxidation sites excluding steroid dienone is 1. The Morgan fingerprint density at radius 1 is 1.35 bits per heavy atom. The van der Waals surface area contributed by atoms with E-state index in [1.54, 1.807) is 0 Å². The Morgan fingerprint density at radius 3 is 2.88 bits per heavy atom. The first-order valence-electron chi connectivity index (χ1n) is 6.72. The molecule has 0 amide bonds. The molecule has 1 aliphatic carbocycles. The lowest BCUT2D eigenvalue weighted by Crippen LogP contribution is -2.26. The number of rotatable bonds is 3. The molecule has 1 fully saturated rings. The molecule has 3 nitrogen and oxygen atoms in total. The van der Waals surface area contributed by atoms with Gasteiger partial charge in [0.25, 0.3) is 0 Å². The van der Waals surface area contributed by atoms with Crippen LogP contribution in [0.5, 0.6) is 0 Å². The Hall–Kier alpha value is -0.350. The fourth-order valence-electron chi connectivity index (χ4n) is 2.94. The molecule has 2 aliphatic rings. The highest BCUT2D eigenvalue weighted by Crippen LogP contribution is 2.27. The molecule has 1 heterocycles. The van der Waals surface area contributed by atoms with Gasteiger partial charge in [-0.2, -0.15) is 0 Å². The molecular weight excluding hydrogens is 234 g/mol. The molecule has 17 heavy (non-hydrogen) atoms. The van der Waals surface area contributed by atoms with Crippen molar-refractivity contribution in [3.05, 3.63) is 11.6 Å². The van der Waals surface area contributed by atoms with Crippen LogP contribution >= 0.6 is 0 Å². The van der Waals surface area contributed by atoms with Crippen molar-refractivity contribution < 1.29 is 8.42 Å². The zero-order chi connectivity index (χ0) is 12.3. The van der Waals surface area contributed by atoms with Gasteiger partial charge in [0.1, 0.15) is 0 Å². The van der Waals surface area contributed by atoms with Crippen molar-refractivity contribution in [2.24, 2.45) is 11.7 Å². The molecule has 1 saturated heterocycles. The van der Waals surface area contributed by atoms with Crippen LogP contribution in [0.25, 0.3) is 0 Å². The van der Waals surface area contributed by atoms with E-state index in [4.69, 9.17) is 5.73 Å². The van der Waals surface area contributed by atoms with Crippen LogP contribution in [0, 0.1) is 5.92 Å². The highest BCUT2D eigenvalue weighted by molar-refractivity contribution is 7.91. The largest absolute Gasteiger partial charge is 0.324 e. The molecule has 0 aromatic carbocycles. The van der Waals surface area contributed by atoms with Gasteiger partial charge in [0.2, 0.25) is 0 Å². The second kappa shape index (κ2) is 5.53. The van der Waals surface area contributed by atoms with E-state index in [2.05, 4.69) is 6.08 Å². The van der Waals surface area contributed by atoms with Gasteiger partial charge in [-0.05, 0) is 44.4 Å². The smallest absolute Gasteiger partial charge is 0.150 e. The average Bonchev–Trinajstić information content (AvgIpc) is 2.52. The molecule has 2 unspecified atom stereocenters. The van der Waals surface area contributed by atoms with E-state index < -0.39 is 9.84 Å². The fourth-order valence-corrected chi connectivity index (χ4v) is 4.83. The topological polar surface area (TPSA) is 60.2 Å². The molecule has 98 valence electrons. The van der Waals surface area contributed by atoms with E-state index in [0.29, 0.717) is 17.4 Å². The van der Waals surface area contributed by atoms with Gasteiger partial charge in [-0.25, -0.2) is 8.42 Å². The molecule has 0 aromatic heterocycles. The molecule has 2 rings (SSSR count). The number of hydrogen-bond acceptors (Lipinski definition) is 3. The van der Waals surface area contributed by atoms with Gasteiger partial charge in [-0.3, -0.25) is 0 Å². The predicted octanol–water partition coefficient (Wildman–Crippen LogP) is 2.03. The maximum atomic E-state index is 11.4. The quantitative estimate of drug-likeness (QED) is 0.787. The summed E-state index contributed by atoms with van der Waals surface area (Å²) >= 11 is 0. The highest BCUT2D eigenvalue weighted by atomic mass is 32.2. The minimum Gasteiger partial charge on any atom is -0.324 e. The maximum absolute atomic E-state index is 11.4. The Balaban J connectivity index is 1.88. The summed E-state index contributed by atoms with van der Waals surface area (Å²) in [6, 6.07) is 0.0893. The Labute approximate surface area is 104 Å². The Morgan fingerprint density at radius 2 is 2.18 bits per heavy atom. The molecule has 0 radical (unpaired) electrons. The monoisotopic (exact) mass is 257 g/mol. The summed E-state index contributed by atoms with van der Waals surface area (Å²) in [6.45, 7) is 0. The summed E-state index contributed by atoms with van der Waals surface area (Å²) in [5.74, 6) is 1.01. The third kappa shape index (κ3) is 3.81. The van der Waals surface area contributed by atoms with Crippen molar-refractivity contribution in [2.45, 2.75) is 51.0 Å². The van der Waals surface area contributed by atoms with Crippen LogP contribution in [0.1, 0.15) is 44.9 Å². The minimum atomic E-state index is -2.75. The minimum absolute atomic E-state index is 0.0893. The summed E-state index contributed by atoms with van der Waals surface area (Å²) in [4.78, 5) is 0. The summed E-state index contributed by atoms with van der Waals surface area (Å²) < 4.78 is 22.8. The first-order valence-corrected chi connectivity index (χ1v) is 8.54. The molecule has 4 heteroatoms. The van der Waals surface area contributed by atoms with E-state index >= 15 is 0 Å². The fraction of sp³-hybridized carbons (Fsp3) is 0.846. The Kier molecular flexibility index (Phi) is 4.26. The van der Waals surface area contributed by atoms with Crippen LogP contribution in [0.3, 0.4) is 0 Å². The number of sulfone groups is 1. The lowest BCUT2D eigenvalue weighted by Gasteiger charge is -2.18. The van der Waals surface area contributed by atoms with Gasteiger partial charge in [0.05, 0.1) is 11.5 Å². The summed E-state index contributed by atoms with van der Waals surface area (Å²) in [6.07, 6.45) is 10.0. The van der Waals surface area contributed by atoms with E-state index in [1.807, 2.05) is 0 Å². The van der Waals surface area contributed by atoms with Crippen LogP contribution in [-0.4, -0.2) is 26.0 Å². The lowest BCUT2D eigenvalue weighted by atomic mass is 9.92. The molecular formula is C13H23NO2S. The molecule has 1 aliphatic heterocycles. The summed E-state index contributed by atoms with van der Waals surface area (Å²) in [5.41, 5.74) is 7.59. The zero-order valence-electron chi connectivity index (χ0n) is 10.4. The average molecular weight is 257 g/mol. The predicted molar refractivity (Wildman–Crippen MR) is 70.5 cm³/mol. The van der Waals surface area contributed by atoms with E-state index in [0.717, 1.165) is 25.7 Å². The van der Waals surface area contributed by atoms with E-state index in [1.165, 1.54) is 24.8 Å². The lowest BCUT2D eigenvalue weighted by molar-refractivity contribution is 0.492. The molecule has 2 atom stereocenters. The highest BCUT2D eigenvalue weighted by Gasteiger charge is 2.29. The SMILES string of the molecule is NC(CC1CCS(=O)(=O)C1)C1=CCCCCC1. The first-order chi connectivity index (χ1) is 8.07. The normalized spacial score (nSPS) is 30.6. The molecule has 0 spiro atoms. The molecule has 0 bridgehead atoms. The van der Waals surface area contributed by atoms with Crippen molar-refractivity contribution in [2.75, 3.05) is 11.5 Å². The van der Waals surface area contributed by atoms with Crippen molar-refractivity contribution >= 4 is 9.84 Å². The van der Waals surface area contributed by atoms with Crippen LogP contribution in [0.2, 0.25) is 0 Å². The second-order valence-corrected chi connectivity index (χ2v) is 7.72. The standard InChI is InChI=1S/C13H23NO2S/c14-13(12-5-3-1-2-4-6-12)9-11-7-8-17(15,16)10-11/h5,11,13H,1-4,6-10,14H2. The van der Waals surface area contributed by atoms with E-state index in [-0.39, 0.29) is 6.04 Å². The van der Waals surface area contributed by atoms with Crippen molar-refractivity contribution in [1.82, 2.24) is 0 Å². The van der Waals surface area contributed by atoms with Crippen molar-refractivity contribution in [1.29, 1.82) is 0 Å². The maximum Gasteiger partial charge on any atom is 0.150 e. The van der Waals surface area contributed by atoms with Crippen LogP contribution in [0.4, 0.5) is 0 Å². The number of hydrogen-bond donors (Lipinski definition) is 1. The van der Waals surface area contributed by atoms with Gasteiger partial charge in [0.15, 0.2) is 9.84 Å². The molecule has 2 N–H and O–H groups in total. The van der Waals surface area contributed by atoms with Gasteiger partial charge in [0, 0.05) is 6.04 Å². The molecule has 0 aromatic rings. The third-order valence-electron chi connectivity index (χ3n) is 3.97. The van der Waals surface area contributed by atoms with Crippen molar-refractivity contribution in [3.63, 3.8) is 0 Å². The second-order valence-electron chi connectivity index (χ2n) is 5.49. The van der Waals surface area contributed by atoms with Crippen LogP contribution in [-0.2, 0) is 9.84 Å². The first kappa shape index (κ1) is 13.1.